The van der Waals surface area contributed by atoms with Crippen LogP contribution < -0.4 is 5.32 Å². The Labute approximate surface area is 76.7 Å². The maximum Gasteiger partial charge on any atom is 0.358 e. The molecule has 0 spiro atoms. The van der Waals surface area contributed by atoms with Gasteiger partial charge in [-0.2, -0.15) is 5.10 Å². The molecule has 13 heavy (non-hydrogen) atoms. The number of esters is 1. The van der Waals surface area contributed by atoms with Crippen LogP contribution in [0.4, 0.5) is 5.82 Å². The molecular weight excluding hydrogens is 170 g/mol. The van der Waals surface area contributed by atoms with Crippen molar-refractivity contribution >= 4 is 11.8 Å². The number of rotatable bonds is 3. The number of nitrogens with one attached hydrogen (secondary N) is 1. The minimum absolute atomic E-state index is 0.328. The van der Waals surface area contributed by atoms with Gasteiger partial charge in [0.1, 0.15) is 5.82 Å². The smallest absolute Gasteiger partial charge is 0.358 e. The van der Waals surface area contributed by atoms with Gasteiger partial charge in [0.05, 0.1) is 6.61 Å². The van der Waals surface area contributed by atoms with Crippen LogP contribution in [0.5, 0.6) is 0 Å². The Morgan fingerprint density at radius 3 is 2.92 bits per heavy atom. The van der Waals surface area contributed by atoms with Crippen LogP contribution in [-0.4, -0.2) is 29.4 Å². The van der Waals surface area contributed by atoms with Crippen molar-refractivity contribution in [3.8, 4) is 0 Å². The van der Waals surface area contributed by atoms with Gasteiger partial charge in [0, 0.05) is 20.2 Å². The number of aryl methyl sites for hydroxylation is 1. The van der Waals surface area contributed by atoms with E-state index in [1.54, 1.807) is 31.8 Å². The molecule has 0 saturated carbocycles. The Balaban J connectivity index is 2.84. The molecule has 0 bridgehead atoms. The molecule has 0 unspecified atom stereocenters. The molecule has 0 saturated heterocycles. The predicted octanol–water partition coefficient (Wildman–Crippen LogP) is 0.638. The van der Waals surface area contributed by atoms with Crippen molar-refractivity contribution in [1.82, 2.24) is 9.78 Å². The van der Waals surface area contributed by atoms with Crippen LogP contribution in [0, 0.1) is 0 Å². The number of aromatic nitrogens is 2. The molecule has 0 aromatic carbocycles. The third-order valence-electron chi connectivity index (χ3n) is 1.62. The van der Waals surface area contributed by atoms with E-state index in [9.17, 15) is 4.79 Å². The first-order valence-corrected chi connectivity index (χ1v) is 4.08. The van der Waals surface area contributed by atoms with Crippen molar-refractivity contribution in [3.63, 3.8) is 0 Å². The van der Waals surface area contributed by atoms with Crippen molar-refractivity contribution in [2.24, 2.45) is 7.05 Å². The second kappa shape index (κ2) is 3.93. The van der Waals surface area contributed by atoms with Gasteiger partial charge < -0.3 is 10.1 Å². The summed E-state index contributed by atoms with van der Waals surface area (Å²) in [4.78, 5) is 11.2. The monoisotopic (exact) mass is 183 g/mol. The van der Waals surface area contributed by atoms with Crippen molar-refractivity contribution in [2.75, 3.05) is 19.0 Å². The van der Waals surface area contributed by atoms with E-state index in [1.807, 2.05) is 0 Å². The lowest BCUT2D eigenvalue weighted by molar-refractivity contribution is 0.0518. The molecule has 0 radical (unpaired) electrons. The van der Waals surface area contributed by atoms with E-state index >= 15 is 0 Å². The first kappa shape index (κ1) is 9.57. The fourth-order valence-corrected chi connectivity index (χ4v) is 1.01. The zero-order valence-electron chi connectivity index (χ0n) is 8.00. The summed E-state index contributed by atoms with van der Waals surface area (Å²) in [6.07, 6.45) is 0. The number of hydrogen-bond acceptors (Lipinski definition) is 4. The molecule has 1 heterocycles. The fraction of sp³-hybridized carbons (Fsp3) is 0.500. The molecule has 0 amide bonds. The fourth-order valence-electron chi connectivity index (χ4n) is 1.01. The minimum Gasteiger partial charge on any atom is -0.461 e. The second-order valence-corrected chi connectivity index (χ2v) is 2.51. The van der Waals surface area contributed by atoms with Gasteiger partial charge in [-0.25, -0.2) is 4.79 Å². The molecule has 1 N–H and O–H groups in total. The molecule has 0 fully saturated rings. The second-order valence-electron chi connectivity index (χ2n) is 2.51. The molecule has 1 aromatic heterocycles. The van der Waals surface area contributed by atoms with Crippen LogP contribution >= 0.6 is 0 Å². The van der Waals surface area contributed by atoms with Gasteiger partial charge >= 0.3 is 5.97 Å². The minimum atomic E-state index is -0.389. The van der Waals surface area contributed by atoms with Crippen LogP contribution in [-0.2, 0) is 11.8 Å². The zero-order valence-corrected chi connectivity index (χ0v) is 8.00. The molecule has 0 aliphatic carbocycles. The van der Waals surface area contributed by atoms with Gasteiger partial charge in [-0.15, -0.1) is 0 Å². The SMILES string of the molecule is CCOC(=O)c1cc(NC)n(C)n1. The van der Waals surface area contributed by atoms with E-state index in [1.165, 1.54) is 0 Å². The van der Waals surface area contributed by atoms with Crippen molar-refractivity contribution in [1.29, 1.82) is 0 Å². The van der Waals surface area contributed by atoms with Gasteiger partial charge in [-0.1, -0.05) is 0 Å². The van der Waals surface area contributed by atoms with E-state index in [0.717, 1.165) is 5.82 Å². The Bertz CT molecular complexity index is 306. The molecule has 0 aliphatic heterocycles. The Morgan fingerprint density at radius 2 is 2.46 bits per heavy atom. The first-order chi connectivity index (χ1) is 6.19. The highest BCUT2D eigenvalue weighted by atomic mass is 16.5. The maximum absolute atomic E-state index is 11.2. The van der Waals surface area contributed by atoms with Crippen molar-refractivity contribution in [3.05, 3.63) is 11.8 Å². The maximum atomic E-state index is 11.2. The van der Waals surface area contributed by atoms with Crippen molar-refractivity contribution in [2.45, 2.75) is 6.92 Å². The molecular formula is C8H13N3O2. The van der Waals surface area contributed by atoms with Crippen LogP contribution in [0.3, 0.4) is 0 Å². The van der Waals surface area contributed by atoms with Gasteiger partial charge in [0.15, 0.2) is 5.69 Å². The van der Waals surface area contributed by atoms with Crippen LogP contribution in [0.2, 0.25) is 0 Å². The van der Waals surface area contributed by atoms with E-state index in [4.69, 9.17) is 4.74 Å². The van der Waals surface area contributed by atoms with Gasteiger partial charge in [0.2, 0.25) is 0 Å². The van der Waals surface area contributed by atoms with E-state index in [0.29, 0.717) is 12.3 Å². The zero-order chi connectivity index (χ0) is 9.84. The predicted molar refractivity (Wildman–Crippen MR) is 48.7 cm³/mol. The lowest BCUT2D eigenvalue weighted by Crippen LogP contribution is -2.06. The van der Waals surface area contributed by atoms with Gasteiger partial charge in [-0.3, -0.25) is 4.68 Å². The molecule has 5 nitrogen and oxygen atoms in total. The lowest BCUT2D eigenvalue weighted by Gasteiger charge is -1.96. The summed E-state index contributed by atoms with van der Waals surface area (Å²) in [6, 6.07) is 1.65. The molecule has 1 rings (SSSR count). The summed E-state index contributed by atoms with van der Waals surface area (Å²) < 4.78 is 6.39. The number of anilines is 1. The Morgan fingerprint density at radius 1 is 1.77 bits per heavy atom. The van der Waals surface area contributed by atoms with Crippen LogP contribution in [0.25, 0.3) is 0 Å². The molecule has 0 aliphatic rings. The highest BCUT2D eigenvalue weighted by Gasteiger charge is 2.12. The third-order valence-corrected chi connectivity index (χ3v) is 1.62. The highest BCUT2D eigenvalue weighted by molar-refractivity contribution is 5.88. The Kier molecular flexibility index (Phi) is 2.89. The topological polar surface area (TPSA) is 56.1 Å². The summed E-state index contributed by atoms with van der Waals surface area (Å²) in [5.41, 5.74) is 0.328. The van der Waals surface area contributed by atoms with E-state index in [-0.39, 0.29) is 5.97 Å². The normalized spacial score (nSPS) is 9.77. The average Bonchev–Trinajstić information content (AvgIpc) is 2.47. The highest BCUT2D eigenvalue weighted by Crippen LogP contribution is 2.08. The summed E-state index contributed by atoms with van der Waals surface area (Å²) in [6.45, 7) is 2.13. The number of carbonyl (C=O) groups excluding carboxylic acids is 1. The van der Waals surface area contributed by atoms with Crippen molar-refractivity contribution < 1.29 is 9.53 Å². The number of hydrogen-bond donors (Lipinski definition) is 1. The Hall–Kier alpha value is -1.52. The average molecular weight is 183 g/mol. The van der Waals surface area contributed by atoms with Crippen LogP contribution in [0.1, 0.15) is 17.4 Å². The molecule has 1 aromatic rings. The number of carbonyl (C=O) groups is 1. The summed E-state index contributed by atoms with van der Waals surface area (Å²) in [5, 5.41) is 6.88. The third kappa shape index (κ3) is 1.99. The molecule has 72 valence electrons. The molecule has 5 heteroatoms. The lowest BCUT2D eigenvalue weighted by atomic mass is 10.4. The van der Waals surface area contributed by atoms with Gasteiger partial charge in [0.25, 0.3) is 0 Å². The summed E-state index contributed by atoms with van der Waals surface area (Å²) >= 11 is 0. The standard InChI is InChI=1S/C8H13N3O2/c1-4-13-8(12)6-5-7(9-2)11(3)10-6/h5,9H,4H2,1-3H3. The largest absolute Gasteiger partial charge is 0.461 e. The first-order valence-electron chi connectivity index (χ1n) is 4.08. The molecule has 0 atom stereocenters. The number of nitrogens with zero attached hydrogens (tertiary/aromatic N) is 2. The quantitative estimate of drug-likeness (QED) is 0.698. The number of ether oxygens (including phenoxy) is 1. The summed E-state index contributed by atoms with van der Waals surface area (Å²) in [5.74, 6) is 0.391. The van der Waals surface area contributed by atoms with Crippen LogP contribution in [0.15, 0.2) is 6.07 Å². The van der Waals surface area contributed by atoms with E-state index < -0.39 is 0 Å². The van der Waals surface area contributed by atoms with Gasteiger partial charge in [-0.05, 0) is 6.92 Å². The summed E-state index contributed by atoms with van der Waals surface area (Å²) in [7, 11) is 3.53. The van der Waals surface area contributed by atoms with E-state index in [2.05, 4.69) is 10.4 Å².